The van der Waals surface area contributed by atoms with Gasteiger partial charge in [0.05, 0.1) is 0 Å². The molecule has 0 atom stereocenters. The number of aromatic hydroxyl groups is 1. The van der Waals surface area contributed by atoms with Crippen molar-refractivity contribution in [3.8, 4) is 5.75 Å². The Morgan fingerprint density at radius 2 is 1.52 bits per heavy atom. The Kier molecular flexibility index (Phi) is 5.30. The fourth-order valence-corrected chi connectivity index (χ4v) is 2.38. The molecule has 0 spiro atoms. The maximum Gasteiger partial charge on any atom is 0.126 e. The Morgan fingerprint density at radius 3 is 1.95 bits per heavy atom. The molecule has 0 aliphatic carbocycles. The van der Waals surface area contributed by atoms with Crippen molar-refractivity contribution in [3.63, 3.8) is 0 Å². The molecule has 0 aromatic heterocycles. The van der Waals surface area contributed by atoms with Crippen molar-refractivity contribution in [2.24, 2.45) is 0 Å². The fraction of sp³-hybridized carbons (Fsp3) is 0.600. The average molecular weight is 288 g/mol. The van der Waals surface area contributed by atoms with Crippen LogP contribution in [0.5, 0.6) is 5.75 Å². The van der Waals surface area contributed by atoms with Crippen LogP contribution in [0.25, 0.3) is 6.08 Å². The predicted octanol–water partition coefficient (Wildman–Crippen LogP) is 6.19. The maximum atomic E-state index is 10.7. The number of rotatable bonds is 5. The summed E-state index contributed by atoms with van der Waals surface area (Å²) in [5.41, 5.74) is 4.64. The summed E-state index contributed by atoms with van der Waals surface area (Å²) >= 11 is 0. The van der Waals surface area contributed by atoms with Crippen LogP contribution in [0.15, 0.2) is 17.7 Å². The first-order chi connectivity index (χ1) is 9.55. The van der Waals surface area contributed by atoms with Crippen LogP contribution in [0, 0.1) is 0 Å². The summed E-state index contributed by atoms with van der Waals surface area (Å²) in [4.78, 5) is 0. The van der Waals surface area contributed by atoms with Crippen molar-refractivity contribution in [3.05, 3.63) is 34.4 Å². The van der Waals surface area contributed by atoms with Crippen molar-refractivity contribution in [1.29, 1.82) is 0 Å². The molecular weight excluding hydrogens is 256 g/mol. The van der Waals surface area contributed by atoms with Crippen LogP contribution in [0.2, 0.25) is 0 Å². The molecule has 0 saturated carbocycles. The lowest BCUT2D eigenvalue weighted by atomic mass is 9.75. The molecule has 1 aromatic carbocycles. The fourth-order valence-electron chi connectivity index (χ4n) is 2.38. The molecule has 0 heterocycles. The van der Waals surface area contributed by atoms with E-state index in [-0.39, 0.29) is 10.8 Å². The number of phenols is 1. The predicted molar refractivity (Wildman–Crippen MR) is 94.1 cm³/mol. The molecule has 1 rings (SSSR count). The van der Waals surface area contributed by atoms with Crippen LogP contribution in [0.3, 0.4) is 0 Å². The van der Waals surface area contributed by atoms with Gasteiger partial charge in [-0.1, -0.05) is 59.3 Å². The van der Waals surface area contributed by atoms with E-state index in [4.69, 9.17) is 0 Å². The molecule has 0 radical (unpaired) electrons. The van der Waals surface area contributed by atoms with Gasteiger partial charge in [0.25, 0.3) is 0 Å². The molecule has 118 valence electrons. The molecule has 1 N–H and O–H groups in total. The molecule has 0 saturated heterocycles. The van der Waals surface area contributed by atoms with Gasteiger partial charge in [-0.3, -0.25) is 0 Å². The Morgan fingerprint density at radius 1 is 1.00 bits per heavy atom. The Hall–Kier alpha value is -1.24. The molecule has 0 fully saturated rings. The smallest absolute Gasteiger partial charge is 0.126 e. The summed E-state index contributed by atoms with van der Waals surface area (Å²) in [5.74, 6) is 0.443. The highest BCUT2D eigenvalue weighted by Gasteiger charge is 2.27. The van der Waals surface area contributed by atoms with Crippen LogP contribution < -0.4 is 0 Å². The molecule has 0 aliphatic rings. The molecule has 0 aliphatic heterocycles. The Labute approximate surface area is 131 Å². The van der Waals surface area contributed by atoms with Gasteiger partial charge in [0.15, 0.2) is 0 Å². The number of allylic oxidation sites excluding steroid dienone is 1. The Balaban J connectivity index is 3.65. The van der Waals surface area contributed by atoms with Gasteiger partial charge < -0.3 is 5.11 Å². The zero-order valence-electron chi connectivity index (χ0n) is 15.1. The van der Waals surface area contributed by atoms with E-state index in [1.165, 1.54) is 11.1 Å². The first-order valence-electron chi connectivity index (χ1n) is 8.08. The van der Waals surface area contributed by atoms with Crippen LogP contribution in [0.1, 0.15) is 84.9 Å². The van der Waals surface area contributed by atoms with Crippen LogP contribution >= 0.6 is 0 Å². The zero-order valence-corrected chi connectivity index (χ0v) is 15.1. The monoisotopic (exact) mass is 288 g/mol. The van der Waals surface area contributed by atoms with E-state index < -0.39 is 0 Å². The first kappa shape index (κ1) is 17.8. The van der Waals surface area contributed by atoms with Gasteiger partial charge in [-0.15, -0.1) is 0 Å². The third kappa shape index (κ3) is 3.90. The van der Waals surface area contributed by atoms with Gasteiger partial charge in [-0.25, -0.2) is 0 Å². The summed E-state index contributed by atoms with van der Waals surface area (Å²) in [7, 11) is 0. The van der Waals surface area contributed by atoms with Gasteiger partial charge in [0, 0.05) is 11.1 Å². The van der Waals surface area contributed by atoms with Crippen LogP contribution in [0.4, 0.5) is 0 Å². The van der Waals surface area contributed by atoms with E-state index in [1.54, 1.807) is 0 Å². The number of hydrogen-bond acceptors (Lipinski definition) is 1. The number of phenolic OH excluding ortho intramolecular Hbond substituents is 1. The van der Waals surface area contributed by atoms with Gasteiger partial charge in [0.1, 0.15) is 5.75 Å². The summed E-state index contributed by atoms with van der Waals surface area (Å²) < 4.78 is 0. The standard InChI is InChI=1S/C20H32O/c1-9-19(5,6)16-12-15(11-14(3)4)18(21)17(13-16)20(7,8)10-2/h11-13,21H,9-10H2,1-8H3. The lowest BCUT2D eigenvalue weighted by molar-refractivity contribution is 0.424. The van der Waals surface area contributed by atoms with E-state index in [0.29, 0.717) is 5.75 Å². The molecule has 0 amide bonds. The minimum absolute atomic E-state index is 0.0197. The topological polar surface area (TPSA) is 20.2 Å². The molecular formula is C20H32O. The van der Waals surface area contributed by atoms with E-state index in [2.05, 4.69) is 73.6 Å². The summed E-state index contributed by atoms with van der Waals surface area (Å²) in [6, 6.07) is 4.37. The summed E-state index contributed by atoms with van der Waals surface area (Å²) in [6.45, 7) is 17.5. The first-order valence-corrected chi connectivity index (χ1v) is 8.08. The van der Waals surface area contributed by atoms with Gasteiger partial charge >= 0.3 is 0 Å². The largest absolute Gasteiger partial charge is 0.507 e. The van der Waals surface area contributed by atoms with E-state index in [1.807, 2.05) is 0 Å². The van der Waals surface area contributed by atoms with E-state index in [0.717, 1.165) is 24.0 Å². The minimum atomic E-state index is -0.0197. The molecule has 1 nitrogen and oxygen atoms in total. The van der Waals surface area contributed by atoms with E-state index in [9.17, 15) is 5.11 Å². The highest BCUT2D eigenvalue weighted by Crippen LogP contribution is 2.40. The second-order valence-corrected chi connectivity index (χ2v) is 7.66. The van der Waals surface area contributed by atoms with Crippen molar-refractivity contribution >= 4 is 6.08 Å². The average Bonchev–Trinajstić information content (AvgIpc) is 2.40. The SMILES string of the molecule is CCC(C)(C)c1cc(C=C(C)C)c(O)c(C(C)(C)CC)c1. The molecule has 1 heteroatoms. The molecule has 0 unspecified atom stereocenters. The molecule has 1 aromatic rings. The second-order valence-electron chi connectivity index (χ2n) is 7.66. The van der Waals surface area contributed by atoms with Gasteiger partial charge in [0.2, 0.25) is 0 Å². The lowest BCUT2D eigenvalue weighted by Gasteiger charge is -2.30. The summed E-state index contributed by atoms with van der Waals surface area (Å²) in [5, 5.41) is 10.7. The highest BCUT2D eigenvalue weighted by molar-refractivity contribution is 5.64. The normalized spacial score (nSPS) is 12.4. The van der Waals surface area contributed by atoms with Crippen molar-refractivity contribution in [2.45, 2.75) is 79.1 Å². The number of benzene rings is 1. The molecule has 21 heavy (non-hydrogen) atoms. The third-order valence-electron chi connectivity index (χ3n) is 4.86. The Bertz CT molecular complexity index is 529. The highest BCUT2D eigenvalue weighted by atomic mass is 16.3. The van der Waals surface area contributed by atoms with Gasteiger partial charge in [-0.05, 0) is 49.1 Å². The van der Waals surface area contributed by atoms with Crippen molar-refractivity contribution in [1.82, 2.24) is 0 Å². The zero-order chi connectivity index (χ0) is 16.4. The third-order valence-corrected chi connectivity index (χ3v) is 4.86. The second kappa shape index (κ2) is 6.25. The quantitative estimate of drug-likeness (QED) is 0.684. The summed E-state index contributed by atoms with van der Waals surface area (Å²) in [6.07, 6.45) is 4.17. The maximum absolute atomic E-state index is 10.7. The minimum Gasteiger partial charge on any atom is -0.507 e. The molecule has 0 bridgehead atoms. The van der Waals surface area contributed by atoms with Crippen LogP contribution in [-0.2, 0) is 10.8 Å². The van der Waals surface area contributed by atoms with Crippen molar-refractivity contribution < 1.29 is 5.11 Å². The van der Waals surface area contributed by atoms with Crippen LogP contribution in [-0.4, -0.2) is 5.11 Å². The van der Waals surface area contributed by atoms with E-state index >= 15 is 0 Å². The van der Waals surface area contributed by atoms with Gasteiger partial charge in [-0.2, -0.15) is 0 Å². The lowest BCUT2D eigenvalue weighted by Crippen LogP contribution is -2.20. The van der Waals surface area contributed by atoms with Crippen molar-refractivity contribution in [2.75, 3.05) is 0 Å². The number of hydrogen-bond donors (Lipinski definition) is 1.